The minimum Gasteiger partial charge on any atom is -0.291 e. The van der Waals surface area contributed by atoms with E-state index in [1.165, 1.54) is 17.2 Å². The Morgan fingerprint density at radius 3 is 2.00 bits per heavy atom. The summed E-state index contributed by atoms with van der Waals surface area (Å²) in [6, 6.07) is 21.2. The molecular weight excluding hydrogens is 287 g/mol. The Hall–Kier alpha value is -2.52. The van der Waals surface area contributed by atoms with E-state index in [4.69, 9.17) is 0 Å². The smallest absolute Gasteiger partial charge is 0.123 e. The van der Waals surface area contributed by atoms with Crippen molar-refractivity contribution >= 4 is 0 Å². The van der Waals surface area contributed by atoms with Gasteiger partial charge in [0.1, 0.15) is 5.82 Å². The molecule has 3 aromatic rings. The van der Waals surface area contributed by atoms with Crippen LogP contribution in [0.4, 0.5) is 4.39 Å². The maximum Gasteiger partial charge on any atom is 0.123 e. The second-order valence-electron chi connectivity index (χ2n) is 5.62. The number of halogens is 1. The van der Waals surface area contributed by atoms with Gasteiger partial charge in [0.15, 0.2) is 0 Å². The molecule has 116 valence electrons. The summed E-state index contributed by atoms with van der Waals surface area (Å²) < 4.78 is 13.4. The van der Waals surface area contributed by atoms with Crippen molar-refractivity contribution in [1.29, 1.82) is 0 Å². The van der Waals surface area contributed by atoms with Gasteiger partial charge in [0, 0.05) is 32.0 Å². The Morgan fingerprint density at radius 2 is 1.30 bits per heavy atom. The van der Waals surface area contributed by atoms with Gasteiger partial charge in [0.2, 0.25) is 0 Å². The number of hydrogen-bond acceptors (Lipinski definition) is 2. The first-order chi connectivity index (χ1) is 11.3. The highest BCUT2D eigenvalue weighted by atomic mass is 19.1. The first kappa shape index (κ1) is 15.4. The fourth-order valence-corrected chi connectivity index (χ4v) is 2.65. The van der Waals surface area contributed by atoms with Gasteiger partial charge in [-0.25, -0.2) is 4.39 Å². The molecule has 0 amide bonds. The first-order valence-electron chi connectivity index (χ1n) is 7.69. The lowest BCUT2D eigenvalue weighted by atomic mass is 10.1. The molecule has 2 nitrogen and oxygen atoms in total. The van der Waals surface area contributed by atoms with E-state index >= 15 is 0 Å². The number of aromatic nitrogens is 1. The number of benzene rings is 2. The summed E-state index contributed by atoms with van der Waals surface area (Å²) in [4.78, 5) is 6.37. The van der Waals surface area contributed by atoms with Crippen LogP contribution < -0.4 is 0 Å². The third kappa shape index (κ3) is 4.73. The minimum atomic E-state index is -0.189. The van der Waals surface area contributed by atoms with E-state index in [0.29, 0.717) is 6.54 Å². The summed E-state index contributed by atoms with van der Waals surface area (Å²) in [6.45, 7) is 2.32. The van der Waals surface area contributed by atoms with Gasteiger partial charge in [-0.15, -0.1) is 0 Å². The summed E-state index contributed by atoms with van der Waals surface area (Å²) in [5.74, 6) is -0.189. The quantitative estimate of drug-likeness (QED) is 0.670. The molecule has 3 rings (SSSR count). The summed E-state index contributed by atoms with van der Waals surface area (Å²) in [5, 5.41) is 0. The van der Waals surface area contributed by atoms with Crippen molar-refractivity contribution in [1.82, 2.24) is 9.88 Å². The van der Waals surface area contributed by atoms with Crippen LogP contribution >= 0.6 is 0 Å². The highest BCUT2D eigenvalue weighted by Crippen LogP contribution is 2.14. The Morgan fingerprint density at radius 1 is 0.696 bits per heavy atom. The summed E-state index contributed by atoms with van der Waals surface area (Å²) >= 11 is 0. The molecule has 0 saturated carbocycles. The van der Waals surface area contributed by atoms with Gasteiger partial charge in [-0.1, -0.05) is 42.5 Å². The molecule has 0 radical (unpaired) electrons. The molecule has 0 fully saturated rings. The zero-order valence-corrected chi connectivity index (χ0v) is 12.9. The molecule has 2 aromatic carbocycles. The van der Waals surface area contributed by atoms with Crippen LogP contribution in [0, 0.1) is 5.82 Å². The molecule has 23 heavy (non-hydrogen) atoms. The van der Waals surface area contributed by atoms with Gasteiger partial charge in [0.25, 0.3) is 0 Å². The molecule has 0 saturated heterocycles. The normalized spacial score (nSPS) is 10.9. The van der Waals surface area contributed by atoms with Crippen LogP contribution in [-0.4, -0.2) is 9.88 Å². The lowest BCUT2D eigenvalue weighted by Gasteiger charge is -2.23. The minimum absolute atomic E-state index is 0.189. The number of pyridine rings is 1. The fourth-order valence-electron chi connectivity index (χ4n) is 2.65. The lowest BCUT2D eigenvalue weighted by Crippen LogP contribution is -2.22. The van der Waals surface area contributed by atoms with Gasteiger partial charge < -0.3 is 0 Å². The van der Waals surface area contributed by atoms with E-state index in [0.717, 1.165) is 18.7 Å². The lowest BCUT2D eigenvalue weighted by molar-refractivity contribution is 0.247. The van der Waals surface area contributed by atoms with Crippen LogP contribution in [-0.2, 0) is 19.6 Å². The third-order valence-electron chi connectivity index (χ3n) is 3.70. The van der Waals surface area contributed by atoms with E-state index in [1.807, 2.05) is 36.4 Å². The SMILES string of the molecule is Fc1cccc(CN(Cc2ccccc2)Cc2ccncc2)c1. The molecule has 0 atom stereocenters. The van der Waals surface area contributed by atoms with E-state index in [1.54, 1.807) is 24.5 Å². The van der Waals surface area contributed by atoms with Crippen LogP contribution in [0.25, 0.3) is 0 Å². The molecular formula is C20H19FN2. The highest BCUT2D eigenvalue weighted by Gasteiger charge is 2.09. The van der Waals surface area contributed by atoms with Gasteiger partial charge >= 0.3 is 0 Å². The van der Waals surface area contributed by atoms with E-state index in [2.05, 4.69) is 22.0 Å². The number of hydrogen-bond donors (Lipinski definition) is 0. The molecule has 0 aliphatic carbocycles. The molecule has 3 heteroatoms. The van der Waals surface area contributed by atoms with Crippen molar-refractivity contribution in [2.24, 2.45) is 0 Å². The van der Waals surface area contributed by atoms with Crippen molar-refractivity contribution in [2.75, 3.05) is 0 Å². The number of nitrogens with zero attached hydrogens (tertiary/aromatic N) is 2. The summed E-state index contributed by atoms with van der Waals surface area (Å²) in [7, 11) is 0. The Bertz CT molecular complexity index is 687. The molecule has 0 N–H and O–H groups in total. The van der Waals surface area contributed by atoms with Crippen molar-refractivity contribution in [3.63, 3.8) is 0 Å². The molecule has 0 spiro atoms. The van der Waals surface area contributed by atoms with Gasteiger partial charge in [-0.05, 0) is 41.0 Å². The largest absolute Gasteiger partial charge is 0.291 e. The van der Waals surface area contributed by atoms with Crippen molar-refractivity contribution in [3.8, 4) is 0 Å². The predicted octanol–water partition coefficient (Wildman–Crippen LogP) is 4.42. The van der Waals surface area contributed by atoms with Crippen LogP contribution in [0.3, 0.4) is 0 Å². The van der Waals surface area contributed by atoms with Crippen LogP contribution in [0.15, 0.2) is 79.1 Å². The number of rotatable bonds is 6. The Balaban J connectivity index is 1.77. The molecule has 0 aliphatic heterocycles. The zero-order chi connectivity index (χ0) is 15.9. The van der Waals surface area contributed by atoms with Crippen molar-refractivity contribution in [3.05, 3.63) is 102 Å². The maximum absolute atomic E-state index is 13.4. The fraction of sp³-hybridized carbons (Fsp3) is 0.150. The third-order valence-corrected chi connectivity index (χ3v) is 3.70. The average Bonchev–Trinajstić information content (AvgIpc) is 2.57. The van der Waals surface area contributed by atoms with Crippen LogP contribution in [0.1, 0.15) is 16.7 Å². The van der Waals surface area contributed by atoms with E-state index < -0.39 is 0 Å². The molecule has 0 unspecified atom stereocenters. The second-order valence-corrected chi connectivity index (χ2v) is 5.62. The van der Waals surface area contributed by atoms with Gasteiger partial charge in [-0.3, -0.25) is 9.88 Å². The first-order valence-corrected chi connectivity index (χ1v) is 7.69. The van der Waals surface area contributed by atoms with Crippen LogP contribution in [0.2, 0.25) is 0 Å². The van der Waals surface area contributed by atoms with E-state index in [-0.39, 0.29) is 5.82 Å². The predicted molar refractivity (Wildman–Crippen MR) is 90.0 cm³/mol. The van der Waals surface area contributed by atoms with Gasteiger partial charge in [0.05, 0.1) is 0 Å². The summed E-state index contributed by atoms with van der Waals surface area (Å²) in [5.41, 5.74) is 3.43. The Labute approximate surface area is 136 Å². The van der Waals surface area contributed by atoms with Crippen LogP contribution in [0.5, 0.6) is 0 Å². The Kier molecular flexibility index (Phi) is 5.12. The van der Waals surface area contributed by atoms with Gasteiger partial charge in [-0.2, -0.15) is 0 Å². The molecule has 1 heterocycles. The maximum atomic E-state index is 13.4. The topological polar surface area (TPSA) is 16.1 Å². The molecule has 1 aromatic heterocycles. The average molecular weight is 306 g/mol. The second kappa shape index (κ2) is 7.65. The molecule has 0 aliphatic rings. The molecule has 0 bridgehead atoms. The van der Waals surface area contributed by atoms with Crippen molar-refractivity contribution < 1.29 is 4.39 Å². The van der Waals surface area contributed by atoms with Crippen molar-refractivity contribution in [2.45, 2.75) is 19.6 Å². The standard InChI is InChI=1S/C20H19FN2/c21-20-8-4-7-19(13-20)16-23(14-17-5-2-1-3-6-17)15-18-9-11-22-12-10-18/h1-13H,14-16H2. The highest BCUT2D eigenvalue weighted by molar-refractivity contribution is 5.19. The summed E-state index contributed by atoms with van der Waals surface area (Å²) in [6.07, 6.45) is 3.61. The monoisotopic (exact) mass is 306 g/mol. The zero-order valence-electron chi connectivity index (χ0n) is 12.9. The van der Waals surface area contributed by atoms with E-state index in [9.17, 15) is 4.39 Å².